The molecule has 0 saturated carbocycles. The van der Waals surface area contributed by atoms with Gasteiger partial charge in [0.15, 0.2) is 0 Å². The molecule has 1 heteroatoms. The second-order valence-electron chi connectivity index (χ2n) is 3.16. The van der Waals surface area contributed by atoms with Crippen molar-refractivity contribution in [3.8, 4) is 0 Å². The van der Waals surface area contributed by atoms with Crippen LogP contribution in [0.2, 0.25) is 0 Å². The molecule has 0 atom stereocenters. The second kappa shape index (κ2) is 6.62. The van der Waals surface area contributed by atoms with Gasteiger partial charge in [0.2, 0.25) is 0 Å². The molecule has 0 bridgehead atoms. The Balaban J connectivity index is 0. The summed E-state index contributed by atoms with van der Waals surface area (Å²) in [5.74, 6) is 0. The van der Waals surface area contributed by atoms with Gasteiger partial charge in [0.1, 0.15) is 0 Å². The first kappa shape index (κ1) is 12.3. The van der Waals surface area contributed by atoms with Gasteiger partial charge in [-0.25, -0.2) is 12.2 Å². The minimum absolute atomic E-state index is 0. The van der Waals surface area contributed by atoms with Crippen molar-refractivity contribution in [2.45, 2.75) is 6.42 Å². The topological polar surface area (TPSA) is 0 Å². The minimum atomic E-state index is 0. The number of allylic oxidation sites excluding steroid dienone is 4. The first-order valence-electron chi connectivity index (χ1n) is 4.79. The SMILES string of the molecule is [C-]1=CC=CC1.[H-].[H-].[Hf+4].c1ccc2[cH-]ccc2c1. The van der Waals surface area contributed by atoms with Crippen LogP contribution in [0.5, 0.6) is 0 Å². The van der Waals surface area contributed by atoms with E-state index in [1.165, 1.54) is 10.8 Å². The molecule has 1 aliphatic rings. The zero-order valence-corrected chi connectivity index (χ0v) is 12.1. The number of rotatable bonds is 0. The second-order valence-corrected chi connectivity index (χ2v) is 3.16. The molecule has 0 aromatic heterocycles. The minimum Gasteiger partial charge on any atom is -1.00 e. The Labute approximate surface area is 112 Å². The average Bonchev–Trinajstić information content (AvgIpc) is 2.92. The Bertz CT molecular complexity index is 418. The van der Waals surface area contributed by atoms with Gasteiger partial charge in [-0.3, -0.25) is 6.08 Å². The van der Waals surface area contributed by atoms with E-state index in [0.29, 0.717) is 0 Å². The zero-order valence-electron chi connectivity index (χ0n) is 10.5. The molecule has 1 aliphatic carbocycles. The zero-order chi connectivity index (χ0) is 9.64. The summed E-state index contributed by atoms with van der Waals surface area (Å²) in [6.07, 6.45) is 10.0. The van der Waals surface area contributed by atoms with Crippen molar-refractivity contribution < 1.29 is 28.7 Å². The molecule has 3 rings (SSSR count). The Morgan fingerprint density at radius 2 is 2.07 bits per heavy atom. The summed E-state index contributed by atoms with van der Waals surface area (Å²) >= 11 is 0. The molecule has 0 heterocycles. The fraction of sp³-hybridized carbons (Fsp3) is 0.0714. The van der Waals surface area contributed by atoms with Crippen molar-refractivity contribution in [2.24, 2.45) is 0 Å². The summed E-state index contributed by atoms with van der Waals surface area (Å²) in [6, 6.07) is 14.7. The first-order valence-corrected chi connectivity index (χ1v) is 4.79. The van der Waals surface area contributed by atoms with Gasteiger partial charge in [-0.2, -0.15) is 23.6 Å². The number of fused-ring (bicyclic) bond motifs is 1. The van der Waals surface area contributed by atoms with Gasteiger partial charge in [0, 0.05) is 0 Å². The predicted octanol–water partition coefficient (Wildman–Crippen LogP) is 4.09. The van der Waals surface area contributed by atoms with E-state index in [-0.39, 0.29) is 28.7 Å². The van der Waals surface area contributed by atoms with E-state index in [4.69, 9.17) is 0 Å². The van der Waals surface area contributed by atoms with Crippen LogP contribution in [-0.4, -0.2) is 0 Å². The molecule has 0 fully saturated rings. The van der Waals surface area contributed by atoms with Crippen molar-refractivity contribution in [2.75, 3.05) is 0 Å². The van der Waals surface area contributed by atoms with Gasteiger partial charge in [-0.1, -0.05) is 6.07 Å². The molecule has 0 aliphatic heterocycles. The number of hydrogen-bond acceptors (Lipinski definition) is 0. The van der Waals surface area contributed by atoms with E-state index in [1.54, 1.807) is 0 Å². The van der Waals surface area contributed by atoms with Gasteiger partial charge in [0.05, 0.1) is 0 Å². The maximum absolute atomic E-state index is 2.99. The van der Waals surface area contributed by atoms with E-state index in [1.807, 2.05) is 12.2 Å². The molecule has 0 amide bonds. The quantitative estimate of drug-likeness (QED) is 0.490. The fourth-order valence-corrected chi connectivity index (χ4v) is 1.41. The standard InChI is InChI=1S/C9H7.C5H5.Hf.2H/c1-2-5-9-7-3-6-8(9)4-1;1-2-4-5-3-1;;;/h1-7H;1-3H,4H2;;;/q2*-1;+4;2*-1. The summed E-state index contributed by atoms with van der Waals surface area (Å²) in [5.41, 5.74) is 0. The van der Waals surface area contributed by atoms with E-state index in [2.05, 4.69) is 54.6 Å². The molecule has 2 aromatic carbocycles. The van der Waals surface area contributed by atoms with Gasteiger partial charge in [-0.05, 0) is 0 Å². The Hall–Kier alpha value is -0.820. The van der Waals surface area contributed by atoms with Crippen LogP contribution in [0.1, 0.15) is 9.27 Å². The van der Waals surface area contributed by atoms with Crippen LogP contribution in [0.3, 0.4) is 0 Å². The van der Waals surface area contributed by atoms with Gasteiger partial charge < -0.3 is 2.85 Å². The molecule has 0 saturated heterocycles. The molecule has 0 nitrogen and oxygen atoms in total. The third kappa shape index (κ3) is 3.67. The summed E-state index contributed by atoms with van der Waals surface area (Å²) in [4.78, 5) is 0. The van der Waals surface area contributed by atoms with Crippen LogP contribution in [0.25, 0.3) is 10.8 Å². The third-order valence-corrected chi connectivity index (χ3v) is 2.13. The van der Waals surface area contributed by atoms with Crippen molar-refractivity contribution in [1.82, 2.24) is 0 Å². The van der Waals surface area contributed by atoms with Crippen molar-refractivity contribution in [1.29, 1.82) is 0 Å². The number of hydrogen-bond donors (Lipinski definition) is 0. The van der Waals surface area contributed by atoms with Gasteiger partial charge >= 0.3 is 25.8 Å². The van der Waals surface area contributed by atoms with Crippen LogP contribution < -0.4 is 0 Å². The van der Waals surface area contributed by atoms with E-state index >= 15 is 0 Å². The Morgan fingerprint density at radius 3 is 2.67 bits per heavy atom. The molecule has 0 radical (unpaired) electrons. The molecule has 0 unspecified atom stereocenters. The predicted molar refractivity (Wildman–Crippen MR) is 63.3 cm³/mol. The van der Waals surface area contributed by atoms with Crippen molar-refractivity contribution in [3.05, 3.63) is 66.8 Å². The molecule has 15 heavy (non-hydrogen) atoms. The number of benzene rings is 1. The fourth-order valence-electron chi connectivity index (χ4n) is 1.41. The first-order chi connectivity index (χ1) is 6.97. The molecular formula is C14H14Hf. The van der Waals surface area contributed by atoms with Crippen molar-refractivity contribution in [3.63, 3.8) is 0 Å². The summed E-state index contributed by atoms with van der Waals surface area (Å²) in [7, 11) is 0. The maximum atomic E-state index is 2.99. The third-order valence-electron chi connectivity index (χ3n) is 2.13. The Morgan fingerprint density at radius 1 is 1.20 bits per heavy atom. The maximum Gasteiger partial charge on any atom is 4.00 e. The Kier molecular flexibility index (Phi) is 5.41. The van der Waals surface area contributed by atoms with Crippen molar-refractivity contribution >= 4 is 10.8 Å². The van der Waals surface area contributed by atoms with Gasteiger partial charge in [0.25, 0.3) is 0 Å². The summed E-state index contributed by atoms with van der Waals surface area (Å²) in [5, 5.41) is 2.66. The normalized spacial score (nSPS) is 12.0. The largest absolute Gasteiger partial charge is 4.00 e. The molecule has 2 aromatic rings. The van der Waals surface area contributed by atoms with Gasteiger partial charge in [-0.15, -0.1) is 36.1 Å². The van der Waals surface area contributed by atoms with Crippen LogP contribution in [0.4, 0.5) is 0 Å². The van der Waals surface area contributed by atoms with E-state index in [9.17, 15) is 0 Å². The molecule has 74 valence electrons. The van der Waals surface area contributed by atoms with E-state index < -0.39 is 0 Å². The summed E-state index contributed by atoms with van der Waals surface area (Å²) < 4.78 is 0. The van der Waals surface area contributed by atoms with Crippen LogP contribution >= 0.6 is 0 Å². The monoisotopic (exact) mass is 362 g/mol. The van der Waals surface area contributed by atoms with Crippen LogP contribution in [0, 0.1) is 6.08 Å². The molecular weight excluding hydrogens is 347 g/mol. The summed E-state index contributed by atoms with van der Waals surface area (Å²) in [6.45, 7) is 0. The average molecular weight is 361 g/mol. The smallest absolute Gasteiger partial charge is 1.00 e. The van der Waals surface area contributed by atoms with Crippen LogP contribution in [0.15, 0.2) is 60.7 Å². The molecule has 0 spiro atoms. The van der Waals surface area contributed by atoms with Crippen LogP contribution in [-0.2, 0) is 25.8 Å². The molecule has 0 N–H and O–H groups in total. The van der Waals surface area contributed by atoms with E-state index in [0.717, 1.165) is 6.42 Å².